The van der Waals surface area contributed by atoms with E-state index in [4.69, 9.17) is 5.73 Å². The van der Waals surface area contributed by atoms with Gasteiger partial charge in [0.25, 0.3) is 0 Å². The second kappa shape index (κ2) is 4.52. The van der Waals surface area contributed by atoms with Crippen molar-refractivity contribution in [1.82, 2.24) is 10.2 Å². The molecule has 2 aliphatic heterocycles. The maximum absolute atomic E-state index is 6.11. The molecule has 0 amide bonds. The second-order valence-corrected chi connectivity index (χ2v) is 6.50. The molecule has 3 aliphatic rings. The number of hydrogen-bond donors (Lipinski definition) is 2. The Balaban J connectivity index is 1.61. The van der Waals surface area contributed by atoms with Crippen molar-refractivity contribution in [2.24, 2.45) is 17.6 Å². The summed E-state index contributed by atoms with van der Waals surface area (Å²) in [5.41, 5.74) is 6.35. The van der Waals surface area contributed by atoms with Gasteiger partial charge in [0.1, 0.15) is 0 Å². The molecule has 98 valence electrons. The molecule has 0 bridgehead atoms. The largest absolute Gasteiger partial charge is 0.329 e. The van der Waals surface area contributed by atoms with E-state index in [2.05, 4.69) is 17.1 Å². The fraction of sp³-hybridized carbons (Fsp3) is 1.00. The van der Waals surface area contributed by atoms with Crippen molar-refractivity contribution in [3.8, 4) is 0 Å². The fourth-order valence-electron chi connectivity index (χ4n) is 3.94. The van der Waals surface area contributed by atoms with Crippen LogP contribution in [0.15, 0.2) is 0 Å². The zero-order valence-corrected chi connectivity index (χ0v) is 11.1. The van der Waals surface area contributed by atoms with Crippen molar-refractivity contribution >= 4 is 0 Å². The minimum absolute atomic E-state index is 0.236. The van der Waals surface area contributed by atoms with Crippen LogP contribution in [-0.4, -0.2) is 42.7 Å². The average molecular weight is 237 g/mol. The van der Waals surface area contributed by atoms with Crippen molar-refractivity contribution < 1.29 is 0 Å². The first-order valence-corrected chi connectivity index (χ1v) is 7.44. The Hall–Kier alpha value is -0.120. The molecule has 3 heteroatoms. The molecule has 2 saturated heterocycles. The Morgan fingerprint density at radius 2 is 2.18 bits per heavy atom. The lowest BCUT2D eigenvalue weighted by Crippen LogP contribution is -2.58. The Bertz CT molecular complexity index is 277. The summed E-state index contributed by atoms with van der Waals surface area (Å²) in [4.78, 5) is 2.65. The highest BCUT2D eigenvalue weighted by Crippen LogP contribution is 2.38. The lowest BCUT2D eigenvalue weighted by atomic mass is 9.88. The van der Waals surface area contributed by atoms with Crippen LogP contribution in [0.25, 0.3) is 0 Å². The van der Waals surface area contributed by atoms with Gasteiger partial charge < -0.3 is 11.1 Å². The molecule has 3 fully saturated rings. The zero-order chi connectivity index (χ0) is 11.9. The van der Waals surface area contributed by atoms with Gasteiger partial charge in [-0.3, -0.25) is 4.90 Å². The van der Waals surface area contributed by atoms with Crippen molar-refractivity contribution in [2.75, 3.05) is 26.2 Å². The van der Waals surface area contributed by atoms with Gasteiger partial charge in [0.15, 0.2) is 0 Å². The standard InChI is InChI=1S/C14H27N3/c1-11(12-4-5-12)9-16-14(10-15)6-8-17-7-2-3-13(14)17/h11-13,16H,2-10,15H2,1H3. The maximum atomic E-state index is 6.11. The van der Waals surface area contributed by atoms with Crippen LogP contribution in [0.1, 0.15) is 39.0 Å². The Labute approximate surface area is 105 Å². The van der Waals surface area contributed by atoms with E-state index in [0.717, 1.165) is 24.4 Å². The monoisotopic (exact) mass is 237 g/mol. The lowest BCUT2D eigenvalue weighted by molar-refractivity contribution is 0.219. The van der Waals surface area contributed by atoms with E-state index < -0.39 is 0 Å². The molecule has 2 heterocycles. The van der Waals surface area contributed by atoms with E-state index in [9.17, 15) is 0 Å². The van der Waals surface area contributed by atoms with Crippen molar-refractivity contribution in [3.63, 3.8) is 0 Å². The number of hydrogen-bond acceptors (Lipinski definition) is 3. The molecule has 1 saturated carbocycles. The summed E-state index contributed by atoms with van der Waals surface area (Å²) < 4.78 is 0. The molecule has 3 rings (SSSR count). The zero-order valence-electron chi connectivity index (χ0n) is 11.1. The van der Waals surface area contributed by atoms with Gasteiger partial charge in [-0.1, -0.05) is 6.92 Å². The smallest absolute Gasteiger partial charge is 0.0473 e. The predicted molar refractivity (Wildman–Crippen MR) is 70.9 cm³/mol. The SMILES string of the molecule is CC(CNC1(CN)CCN2CCCC21)C1CC1. The molecule has 3 atom stereocenters. The molecule has 0 aromatic carbocycles. The third-order valence-corrected chi connectivity index (χ3v) is 5.41. The van der Waals surface area contributed by atoms with Crippen molar-refractivity contribution in [1.29, 1.82) is 0 Å². The van der Waals surface area contributed by atoms with Gasteiger partial charge in [0.2, 0.25) is 0 Å². The van der Waals surface area contributed by atoms with Gasteiger partial charge in [-0.05, 0) is 57.0 Å². The van der Waals surface area contributed by atoms with Crippen LogP contribution in [-0.2, 0) is 0 Å². The summed E-state index contributed by atoms with van der Waals surface area (Å²) in [6, 6.07) is 0.721. The summed E-state index contributed by atoms with van der Waals surface area (Å²) in [6.07, 6.45) is 6.88. The van der Waals surface area contributed by atoms with Crippen molar-refractivity contribution in [3.05, 3.63) is 0 Å². The van der Waals surface area contributed by atoms with E-state index in [0.29, 0.717) is 0 Å². The Kier molecular flexibility index (Phi) is 3.18. The molecule has 0 aromatic rings. The van der Waals surface area contributed by atoms with E-state index in [1.807, 2.05) is 0 Å². The molecular formula is C14H27N3. The van der Waals surface area contributed by atoms with E-state index >= 15 is 0 Å². The average Bonchev–Trinajstić information content (AvgIpc) is 2.98. The van der Waals surface area contributed by atoms with Gasteiger partial charge in [0, 0.05) is 24.7 Å². The first-order valence-electron chi connectivity index (χ1n) is 7.44. The highest BCUT2D eigenvalue weighted by Gasteiger charge is 2.48. The summed E-state index contributed by atoms with van der Waals surface area (Å²) >= 11 is 0. The van der Waals surface area contributed by atoms with Gasteiger partial charge in [-0.15, -0.1) is 0 Å². The predicted octanol–water partition coefficient (Wildman–Crippen LogP) is 1.19. The van der Waals surface area contributed by atoms with Crippen LogP contribution >= 0.6 is 0 Å². The number of nitrogens with two attached hydrogens (primary N) is 1. The quantitative estimate of drug-likeness (QED) is 0.754. The number of fused-ring (bicyclic) bond motifs is 1. The maximum Gasteiger partial charge on any atom is 0.0473 e. The fourth-order valence-corrected chi connectivity index (χ4v) is 3.94. The summed E-state index contributed by atoms with van der Waals surface area (Å²) in [6.45, 7) is 6.94. The van der Waals surface area contributed by atoms with E-state index in [-0.39, 0.29) is 5.54 Å². The van der Waals surface area contributed by atoms with E-state index in [1.54, 1.807) is 0 Å². The van der Waals surface area contributed by atoms with Crippen LogP contribution in [0.2, 0.25) is 0 Å². The minimum atomic E-state index is 0.236. The molecule has 1 aliphatic carbocycles. The first-order chi connectivity index (χ1) is 8.25. The highest BCUT2D eigenvalue weighted by molar-refractivity contribution is 5.08. The molecule has 0 aromatic heterocycles. The van der Waals surface area contributed by atoms with Crippen molar-refractivity contribution in [2.45, 2.75) is 50.6 Å². The van der Waals surface area contributed by atoms with Gasteiger partial charge >= 0.3 is 0 Å². The third kappa shape index (κ3) is 2.13. The Morgan fingerprint density at radius 3 is 2.88 bits per heavy atom. The summed E-state index contributed by atoms with van der Waals surface area (Å²) in [5.74, 6) is 1.84. The van der Waals surface area contributed by atoms with Crippen LogP contribution in [0.5, 0.6) is 0 Å². The minimum Gasteiger partial charge on any atom is -0.329 e. The lowest BCUT2D eigenvalue weighted by Gasteiger charge is -2.36. The van der Waals surface area contributed by atoms with E-state index in [1.165, 1.54) is 51.7 Å². The molecule has 0 spiro atoms. The topological polar surface area (TPSA) is 41.3 Å². The van der Waals surface area contributed by atoms with Crippen LogP contribution in [0.3, 0.4) is 0 Å². The van der Waals surface area contributed by atoms with Gasteiger partial charge in [0.05, 0.1) is 0 Å². The second-order valence-electron chi connectivity index (χ2n) is 6.50. The summed E-state index contributed by atoms with van der Waals surface area (Å²) in [7, 11) is 0. The number of rotatable bonds is 5. The molecule has 3 nitrogen and oxygen atoms in total. The molecule has 3 N–H and O–H groups in total. The molecule has 17 heavy (non-hydrogen) atoms. The highest BCUT2D eigenvalue weighted by atomic mass is 15.3. The van der Waals surface area contributed by atoms with Gasteiger partial charge in [-0.2, -0.15) is 0 Å². The number of nitrogens with zero attached hydrogens (tertiary/aromatic N) is 1. The first kappa shape index (κ1) is 11.9. The molecule has 3 unspecified atom stereocenters. The van der Waals surface area contributed by atoms with Crippen LogP contribution in [0.4, 0.5) is 0 Å². The molecule has 0 radical (unpaired) electrons. The normalized spacial score (nSPS) is 39.5. The third-order valence-electron chi connectivity index (χ3n) is 5.41. The van der Waals surface area contributed by atoms with Crippen LogP contribution in [0, 0.1) is 11.8 Å². The summed E-state index contributed by atoms with van der Waals surface area (Å²) in [5, 5.41) is 3.87. The number of nitrogens with one attached hydrogen (secondary N) is 1. The Morgan fingerprint density at radius 1 is 1.35 bits per heavy atom. The molecular weight excluding hydrogens is 210 g/mol. The van der Waals surface area contributed by atoms with Gasteiger partial charge in [-0.25, -0.2) is 0 Å². The van der Waals surface area contributed by atoms with Crippen LogP contribution < -0.4 is 11.1 Å².